The Morgan fingerprint density at radius 3 is 2.18 bits per heavy atom. The molecule has 5 rings (SSSR count). The molecule has 3 aromatic rings. The fourth-order valence-corrected chi connectivity index (χ4v) is 5.51. The summed E-state index contributed by atoms with van der Waals surface area (Å²) in [7, 11) is 0. The summed E-state index contributed by atoms with van der Waals surface area (Å²) in [4.78, 5) is 25.4. The van der Waals surface area contributed by atoms with E-state index in [1.54, 1.807) is 6.92 Å². The minimum atomic E-state index is -1.14. The molecule has 4 atom stereocenters. The highest BCUT2D eigenvalue weighted by atomic mass is 16.6. The Hall–Kier alpha value is -3.64. The minimum absolute atomic E-state index is 0.157. The highest BCUT2D eigenvalue weighted by molar-refractivity contribution is 6.04. The third-order valence-corrected chi connectivity index (χ3v) is 7.87. The first-order valence-corrected chi connectivity index (χ1v) is 13.7. The lowest BCUT2D eigenvalue weighted by molar-refractivity contribution is -0.159. The van der Waals surface area contributed by atoms with Gasteiger partial charge in [-0.1, -0.05) is 53.6 Å². The molecule has 0 radical (unpaired) electrons. The predicted octanol–water partition coefficient (Wildman–Crippen LogP) is 5.90. The molecule has 0 aromatic heterocycles. The second-order valence-corrected chi connectivity index (χ2v) is 10.7. The number of carbonyl (C=O) groups is 2. The van der Waals surface area contributed by atoms with Crippen LogP contribution in [0.1, 0.15) is 54.2 Å². The predicted molar refractivity (Wildman–Crippen MR) is 148 cm³/mol. The van der Waals surface area contributed by atoms with Crippen LogP contribution in [0.5, 0.6) is 11.5 Å². The van der Waals surface area contributed by atoms with Gasteiger partial charge in [-0.2, -0.15) is 0 Å². The molecule has 0 N–H and O–H groups in total. The first-order valence-electron chi connectivity index (χ1n) is 13.7. The SMILES string of the molecule is CCOC(=O)C1(C(C)=O)Cc2ccc([C@H]3C[C@H](Oc4ccc(C)cc4)[C@@H](COc4ccc(C)cc4)O3)cc2C1. The quantitative estimate of drug-likeness (QED) is 0.255. The van der Waals surface area contributed by atoms with Crippen molar-refractivity contribution in [2.75, 3.05) is 13.2 Å². The Kier molecular flexibility index (Phi) is 7.76. The number of hydrogen-bond acceptors (Lipinski definition) is 6. The van der Waals surface area contributed by atoms with Gasteiger partial charge in [0.2, 0.25) is 0 Å². The summed E-state index contributed by atoms with van der Waals surface area (Å²) in [6.07, 6.45) is 0.695. The lowest BCUT2D eigenvalue weighted by atomic mass is 9.81. The number of esters is 1. The zero-order valence-corrected chi connectivity index (χ0v) is 23.1. The molecule has 1 aliphatic heterocycles. The van der Waals surface area contributed by atoms with Crippen LogP contribution in [-0.4, -0.2) is 37.2 Å². The van der Waals surface area contributed by atoms with Crippen molar-refractivity contribution in [3.05, 3.63) is 94.5 Å². The smallest absolute Gasteiger partial charge is 0.320 e. The van der Waals surface area contributed by atoms with Gasteiger partial charge in [0.25, 0.3) is 0 Å². The number of rotatable bonds is 9. The molecule has 6 heteroatoms. The van der Waals surface area contributed by atoms with Crippen molar-refractivity contribution >= 4 is 11.8 Å². The van der Waals surface area contributed by atoms with Crippen LogP contribution in [0.25, 0.3) is 0 Å². The van der Waals surface area contributed by atoms with E-state index < -0.39 is 11.4 Å². The van der Waals surface area contributed by atoms with E-state index in [2.05, 4.69) is 6.07 Å². The molecule has 0 saturated carbocycles. The van der Waals surface area contributed by atoms with Gasteiger partial charge in [0.05, 0.1) is 12.7 Å². The molecule has 6 nitrogen and oxygen atoms in total. The van der Waals surface area contributed by atoms with Crippen LogP contribution in [0.15, 0.2) is 66.7 Å². The van der Waals surface area contributed by atoms with Gasteiger partial charge >= 0.3 is 5.97 Å². The molecule has 2 aliphatic rings. The van der Waals surface area contributed by atoms with Crippen LogP contribution >= 0.6 is 0 Å². The van der Waals surface area contributed by atoms with Gasteiger partial charge in [-0.25, -0.2) is 0 Å². The highest BCUT2D eigenvalue weighted by Gasteiger charge is 2.49. The lowest BCUT2D eigenvalue weighted by Crippen LogP contribution is -2.40. The fraction of sp³-hybridized carbons (Fsp3) is 0.394. The van der Waals surface area contributed by atoms with E-state index in [1.807, 2.05) is 74.5 Å². The maximum atomic E-state index is 12.8. The second kappa shape index (κ2) is 11.2. The topological polar surface area (TPSA) is 71.1 Å². The fourth-order valence-electron chi connectivity index (χ4n) is 5.51. The van der Waals surface area contributed by atoms with Crippen molar-refractivity contribution in [2.24, 2.45) is 5.41 Å². The maximum absolute atomic E-state index is 12.8. The van der Waals surface area contributed by atoms with E-state index in [9.17, 15) is 9.59 Å². The monoisotopic (exact) mass is 528 g/mol. The van der Waals surface area contributed by atoms with Crippen molar-refractivity contribution in [3.8, 4) is 11.5 Å². The average molecular weight is 529 g/mol. The molecule has 0 bridgehead atoms. The second-order valence-electron chi connectivity index (χ2n) is 10.7. The Balaban J connectivity index is 1.35. The number of ketones is 1. The lowest BCUT2D eigenvalue weighted by Gasteiger charge is -2.23. The average Bonchev–Trinajstić information content (AvgIpc) is 3.51. The van der Waals surface area contributed by atoms with Crippen molar-refractivity contribution < 1.29 is 28.5 Å². The summed E-state index contributed by atoms with van der Waals surface area (Å²) in [5, 5.41) is 0. The van der Waals surface area contributed by atoms with Crippen LogP contribution in [0.4, 0.5) is 0 Å². The van der Waals surface area contributed by atoms with Crippen LogP contribution in [0, 0.1) is 19.3 Å². The van der Waals surface area contributed by atoms with Crippen molar-refractivity contribution in [1.29, 1.82) is 0 Å². The van der Waals surface area contributed by atoms with Gasteiger partial charge < -0.3 is 18.9 Å². The van der Waals surface area contributed by atoms with Crippen LogP contribution in [0.3, 0.4) is 0 Å². The minimum Gasteiger partial charge on any atom is -0.491 e. The summed E-state index contributed by atoms with van der Waals surface area (Å²) in [6, 6.07) is 22.1. The zero-order valence-electron chi connectivity index (χ0n) is 23.1. The van der Waals surface area contributed by atoms with E-state index in [0.717, 1.165) is 28.2 Å². The molecular weight excluding hydrogens is 492 g/mol. The Labute approximate surface area is 230 Å². The van der Waals surface area contributed by atoms with Crippen LogP contribution < -0.4 is 9.47 Å². The first kappa shape index (κ1) is 26.9. The molecule has 0 amide bonds. The molecule has 1 aliphatic carbocycles. The molecule has 39 heavy (non-hydrogen) atoms. The Morgan fingerprint density at radius 2 is 1.54 bits per heavy atom. The first-order chi connectivity index (χ1) is 18.8. The van der Waals surface area contributed by atoms with Crippen molar-refractivity contribution in [2.45, 2.75) is 65.3 Å². The summed E-state index contributed by atoms with van der Waals surface area (Å²) in [5.41, 5.74) is 4.21. The van der Waals surface area contributed by atoms with Gasteiger partial charge in [-0.15, -0.1) is 0 Å². The number of aryl methyl sites for hydroxylation is 2. The third-order valence-electron chi connectivity index (χ3n) is 7.87. The number of hydrogen-bond donors (Lipinski definition) is 0. The Bertz CT molecular complexity index is 1330. The number of Topliss-reactive ketones (excluding diaryl/α,β-unsaturated/α-hetero) is 1. The Morgan fingerprint density at radius 1 is 0.897 bits per heavy atom. The third kappa shape index (κ3) is 5.71. The van der Waals surface area contributed by atoms with Crippen LogP contribution in [0.2, 0.25) is 0 Å². The van der Waals surface area contributed by atoms with E-state index in [-0.39, 0.29) is 30.7 Å². The van der Waals surface area contributed by atoms with Gasteiger partial charge in [0.15, 0.2) is 0 Å². The summed E-state index contributed by atoms with van der Waals surface area (Å²) < 4.78 is 24.3. The van der Waals surface area contributed by atoms with Gasteiger partial charge in [0, 0.05) is 6.42 Å². The maximum Gasteiger partial charge on any atom is 0.320 e. The standard InChI is InChI=1S/C33H36O6/c1-5-36-32(35)33(23(4)34)18-25-11-10-24(16-26(25)19-33)29-17-30(38-28-14-8-22(3)9-15-28)31(39-29)20-37-27-12-6-21(2)7-13-27/h6-16,29-31H,5,17-20H2,1-4H3/t29-,30+,31-,33?/m1/s1. The molecule has 1 fully saturated rings. The van der Waals surface area contributed by atoms with Gasteiger partial charge in [-0.3, -0.25) is 9.59 Å². The highest BCUT2D eigenvalue weighted by Crippen LogP contribution is 2.42. The number of carbonyl (C=O) groups excluding carboxylic acids is 2. The molecular formula is C33H36O6. The number of benzene rings is 3. The van der Waals surface area contributed by atoms with Gasteiger partial charge in [-0.05, 0) is 81.5 Å². The number of ether oxygens (including phenoxy) is 4. The summed E-state index contributed by atoms with van der Waals surface area (Å²) in [6.45, 7) is 7.95. The molecule has 204 valence electrons. The molecule has 3 aromatic carbocycles. The van der Waals surface area contributed by atoms with Crippen molar-refractivity contribution in [1.82, 2.24) is 0 Å². The molecule has 0 spiro atoms. The molecule has 1 unspecified atom stereocenters. The van der Waals surface area contributed by atoms with Gasteiger partial charge in [0.1, 0.15) is 41.5 Å². The van der Waals surface area contributed by atoms with E-state index >= 15 is 0 Å². The molecule has 1 saturated heterocycles. The zero-order chi connectivity index (χ0) is 27.6. The van der Waals surface area contributed by atoms with Crippen molar-refractivity contribution in [3.63, 3.8) is 0 Å². The van der Waals surface area contributed by atoms with E-state index in [1.165, 1.54) is 18.1 Å². The normalized spacial score (nSPS) is 23.7. The van der Waals surface area contributed by atoms with E-state index in [4.69, 9.17) is 18.9 Å². The summed E-state index contributed by atoms with van der Waals surface area (Å²) in [5.74, 6) is 0.992. The van der Waals surface area contributed by atoms with E-state index in [0.29, 0.717) is 25.9 Å². The summed E-state index contributed by atoms with van der Waals surface area (Å²) >= 11 is 0. The van der Waals surface area contributed by atoms with Crippen LogP contribution in [-0.2, 0) is 31.9 Å². The number of fused-ring (bicyclic) bond motifs is 1. The largest absolute Gasteiger partial charge is 0.491 e. The molecule has 1 heterocycles.